The zero-order valence-corrected chi connectivity index (χ0v) is 14.9. The van der Waals surface area contributed by atoms with Gasteiger partial charge < -0.3 is 15.8 Å². The Balaban J connectivity index is 0.00000264. The molecule has 1 aromatic heterocycles. The minimum absolute atomic E-state index is 0. The fourth-order valence-electron chi connectivity index (χ4n) is 1.98. The Morgan fingerprint density at radius 1 is 1.35 bits per heavy atom. The van der Waals surface area contributed by atoms with E-state index in [9.17, 15) is 4.79 Å². The van der Waals surface area contributed by atoms with Crippen molar-refractivity contribution >= 4 is 35.3 Å². The van der Waals surface area contributed by atoms with E-state index in [4.69, 9.17) is 10.5 Å². The fraction of sp³-hybridized carbons (Fsp3) is 0.375. The highest BCUT2D eigenvalue weighted by molar-refractivity contribution is 7.13. The summed E-state index contributed by atoms with van der Waals surface area (Å²) in [6, 6.07) is 7.25. The Labute approximate surface area is 146 Å². The number of hydrogen-bond acceptors (Lipinski definition) is 5. The predicted molar refractivity (Wildman–Crippen MR) is 97.0 cm³/mol. The van der Waals surface area contributed by atoms with E-state index in [1.54, 1.807) is 0 Å². The normalized spacial score (nSPS) is 10.0. The van der Waals surface area contributed by atoms with Gasteiger partial charge in [-0.1, -0.05) is 6.92 Å². The van der Waals surface area contributed by atoms with Crippen molar-refractivity contribution in [3.05, 3.63) is 39.8 Å². The highest BCUT2D eigenvalue weighted by atomic mass is 35.5. The Morgan fingerprint density at radius 2 is 2.04 bits per heavy atom. The Morgan fingerprint density at radius 3 is 2.65 bits per heavy atom. The molecule has 0 saturated carbocycles. The van der Waals surface area contributed by atoms with Crippen LogP contribution in [0.15, 0.2) is 24.3 Å². The number of nitrogens with zero attached hydrogens (tertiary/aromatic N) is 1. The van der Waals surface area contributed by atoms with Crippen LogP contribution in [0.1, 0.15) is 33.7 Å². The third-order valence-electron chi connectivity index (χ3n) is 3.01. The fourth-order valence-corrected chi connectivity index (χ4v) is 3.04. The first-order chi connectivity index (χ1) is 10.6. The molecule has 0 radical (unpaired) electrons. The highest BCUT2D eigenvalue weighted by Gasteiger charge is 2.15. The van der Waals surface area contributed by atoms with E-state index >= 15 is 0 Å². The van der Waals surface area contributed by atoms with Gasteiger partial charge in [0, 0.05) is 12.2 Å². The molecule has 0 fully saturated rings. The number of carbonyl (C=O) groups is 1. The molecule has 0 aliphatic carbocycles. The molecule has 3 N–H and O–H groups in total. The molecule has 0 saturated heterocycles. The summed E-state index contributed by atoms with van der Waals surface area (Å²) < 4.78 is 5.40. The first-order valence-corrected chi connectivity index (χ1v) is 8.16. The van der Waals surface area contributed by atoms with Gasteiger partial charge in [0.1, 0.15) is 17.2 Å². The number of thiazole rings is 1. The lowest BCUT2D eigenvalue weighted by Crippen LogP contribution is -2.12. The Bertz CT molecular complexity index is 629. The third-order valence-corrected chi connectivity index (χ3v) is 4.23. The van der Waals surface area contributed by atoms with Crippen LogP contribution in [-0.2, 0) is 6.42 Å². The number of rotatable bonds is 7. The van der Waals surface area contributed by atoms with Crippen LogP contribution in [0.2, 0.25) is 0 Å². The van der Waals surface area contributed by atoms with E-state index in [2.05, 4.69) is 17.2 Å². The topological polar surface area (TPSA) is 77.2 Å². The van der Waals surface area contributed by atoms with E-state index in [-0.39, 0.29) is 18.3 Å². The summed E-state index contributed by atoms with van der Waals surface area (Å²) in [6.07, 6.45) is 1.93. The molecule has 1 aromatic carbocycles. The van der Waals surface area contributed by atoms with Crippen LogP contribution in [0.4, 0.5) is 5.69 Å². The lowest BCUT2D eigenvalue weighted by atomic mass is 10.3. The summed E-state index contributed by atoms with van der Waals surface area (Å²) >= 11 is 1.46. The number of carbonyl (C=O) groups excluding carboxylic acids is 1. The zero-order valence-electron chi connectivity index (χ0n) is 13.3. The maximum atomic E-state index is 12.3. The minimum atomic E-state index is -0.118. The molecule has 0 aliphatic rings. The molecule has 5 nitrogen and oxygen atoms in total. The number of halogens is 1. The van der Waals surface area contributed by atoms with E-state index in [0.717, 1.165) is 35.0 Å². The molecule has 0 spiro atoms. The second kappa shape index (κ2) is 9.50. The van der Waals surface area contributed by atoms with Crippen molar-refractivity contribution < 1.29 is 9.53 Å². The van der Waals surface area contributed by atoms with Crippen molar-refractivity contribution in [1.82, 2.24) is 4.98 Å². The maximum absolute atomic E-state index is 12.3. The van der Waals surface area contributed by atoms with E-state index in [1.807, 2.05) is 31.2 Å². The molecule has 0 aliphatic heterocycles. The summed E-state index contributed by atoms with van der Waals surface area (Å²) in [5.41, 5.74) is 6.90. The molecule has 126 valence electrons. The van der Waals surface area contributed by atoms with E-state index in [0.29, 0.717) is 18.0 Å². The van der Waals surface area contributed by atoms with Crippen molar-refractivity contribution in [2.24, 2.45) is 5.73 Å². The number of nitrogens with one attached hydrogen (secondary N) is 1. The lowest BCUT2D eigenvalue weighted by molar-refractivity contribution is 0.103. The molecule has 1 amide bonds. The van der Waals surface area contributed by atoms with Gasteiger partial charge >= 0.3 is 0 Å². The smallest absolute Gasteiger partial charge is 0.267 e. The minimum Gasteiger partial charge on any atom is -0.492 e. The first kappa shape index (κ1) is 19.4. The largest absolute Gasteiger partial charge is 0.492 e. The lowest BCUT2D eigenvalue weighted by Gasteiger charge is -2.07. The molecule has 2 rings (SSSR count). The van der Waals surface area contributed by atoms with Crippen molar-refractivity contribution in [3.8, 4) is 5.75 Å². The summed E-state index contributed by atoms with van der Waals surface area (Å²) in [6.45, 7) is 4.92. The van der Waals surface area contributed by atoms with Gasteiger partial charge in [0.15, 0.2) is 0 Å². The third kappa shape index (κ3) is 5.49. The average molecular weight is 356 g/mol. The number of aromatic nitrogens is 1. The van der Waals surface area contributed by atoms with Crippen molar-refractivity contribution in [1.29, 1.82) is 0 Å². The first-order valence-electron chi connectivity index (χ1n) is 7.34. The van der Waals surface area contributed by atoms with Gasteiger partial charge in [-0.2, -0.15) is 0 Å². The van der Waals surface area contributed by atoms with Gasteiger partial charge in [-0.05, 0) is 44.0 Å². The quantitative estimate of drug-likeness (QED) is 0.797. The predicted octanol–water partition coefficient (Wildman–Crippen LogP) is 3.42. The van der Waals surface area contributed by atoms with Crippen LogP contribution in [0.3, 0.4) is 0 Å². The van der Waals surface area contributed by atoms with Crippen LogP contribution in [-0.4, -0.2) is 24.0 Å². The summed E-state index contributed by atoms with van der Waals surface area (Å²) in [4.78, 5) is 17.4. The molecule has 23 heavy (non-hydrogen) atoms. The Hall–Kier alpha value is -1.63. The van der Waals surface area contributed by atoms with Gasteiger partial charge in [-0.15, -0.1) is 23.7 Å². The molecular weight excluding hydrogens is 334 g/mol. The summed E-state index contributed by atoms with van der Waals surface area (Å²) in [7, 11) is 0. The van der Waals surface area contributed by atoms with Crippen molar-refractivity contribution in [2.45, 2.75) is 26.7 Å². The number of ether oxygens (including phenoxy) is 1. The van der Waals surface area contributed by atoms with Crippen LogP contribution >= 0.6 is 23.7 Å². The molecule has 0 unspecified atom stereocenters. The molecule has 0 atom stereocenters. The van der Waals surface area contributed by atoms with Gasteiger partial charge in [-0.3, -0.25) is 4.79 Å². The van der Waals surface area contributed by atoms with Crippen LogP contribution in [0.5, 0.6) is 5.75 Å². The van der Waals surface area contributed by atoms with Crippen LogP contribution in [0.25, 0.3) is 0 Å². The number of amides is 1. The molecule has 0 bridgehead atoms. The van der Waals surface area contributed by atoms with Gasteiger partial charge in [0.05, 0.1) is 10.7 Å². The van der Waals surface area contributed by atoms with E-state index < -0.39 is 0 Å². The zero-order chi connectivity index (χ0) is 15.9. The number of benzene rings is 1. The Kier molecular flexibility index (Phi) is 8.02. The van der Waals surface area contributed by atoms with Gasteiger partial charge in [0.2, 0.25) is 0 Å². The van der Waals surface area contributed by atoms with Crippen LogP contribution in [0, 0.1) is 6.92 Å². The second-order valence-corrected chi connectivity index (χ2v) is 5.97. The van der Waals surface area contributed by atoms with E-state index in [1.165, 1.54) is 11.3 Å². The molecule has 7 heteroatoms. The summed E-state index contributed by atoms with van der Waals surface area (Å²) in [5.74, 6) is 0.621. The monoisotopic (exact) mass is 355 g/mol. The number of nitrogens with two attached hydrogens (primary N) is 1. The highest BCUT2D eigenvalue weighted by Crippen LogP contribution is 2.22. The van der Waals surface area contributed by atoms with Crippen molar-refractivity contribution in [2.75, 3.05) is 18.5 Å². The molecule has 1 heterocycles. The van der Waals surface area contributed by atoms with Gasteiger partial charge in [-0.25, -0.2) is 4.98 Å². The van der Waals surface area contributed by atoms with Crippen molar-refractivity contribution in [3.63, 3.8) is 0 Å². The van der Waals surface area contributed by atoms with Gasteiger partial charge in [0.25, 0.3) is 5.91 Å². The number of hydrogen-bond donors (Lipinski definition) is 2. The van der Waals surface area contributed by atoms with Crippen LogP contribution < -0.4 is 15.8 Å². The molecular formula is C16H22ClN3O2S. The summed E-state index contributed by atoms with van der Waals surface area (Å²) in [5, 5.41) is 3.90. The SMILES string of the molecule is CCCc1nc(C)c(C(=O)Nc2ccc(OCCN)cc2)s1.Cl. The standard InChI is InChI=1S/C16H21N3O2S.ClH/c1-3-4-14-18-11(2)15(22-14)16(20)19-12-5-7-13(8-6-12)21-10-9-17;/h5-8H,3-4,9-10,17H2,1-2H3,(H,19,20);1H. The average Bonchev–Trinajstić information content (AvgIpc) is 2.88. The number of aryl methyl sites for hydroxylation is 2. The second-order valence-electron chi connectivity index (χ2n) is 4.89. The number of anilines is 1. The maximum Gasteiger partial charge on any atom is 0.267 e. The molecule has 2 aromatic rings.